The van der Waals surface area contributed by atoms with Crippen LogP contribution >= 0.6 is 34.5 Å². The Morgan fingerprint density at radius 2 is 2.00 bits per heavy atom. The van der Waals surface area contributed by atoms with E-state index in [9.17, 15) is 4.79 Å². The Hall–Kier alpha value is -0.830. The predicted octanol–water partition coefficient (Wildman–Crippen LogP) is 5.31. The first-order chi connectivity index (χ1) is 8.11. The van der Waals surface area contributed by atoms with Crippen LogP contribution in [0, 0.1) is 0 Å². The Kier molecular flexibility index (Phi) is 3.87. The van der Waals surface area contributed by atoms with Crippen LogP contribution in [-0.4, -0.2) is 5.78 Å². The zero-order valence-electron chi connectivity index (χ0n) is 9.17. The smallest absolute Gasteiger partial charge is 0.172 e. The molecule has 2 rings (SSSR count). The molecule has 2 aromatic rings. The van der Waals surface area contributed by atoms with E-state index < -0.39 is 0 Å². The highest BCUT2D eigenvalue weighted by Gasteiger charge is 2.11. The van der Waals surface area contributed by atoms with Gasteiger partial charge in [0.15, 0.2) is 5.78 Å². The van der Waals surface area contributed by atoms with Gasteiger partial charge in [0, 0.05) is 26.9 Å². The first kappa shape index (κ1) is 12.6. The van der Waals surface area contributed by atoms with Crippen LogP contribution in [0.25, 0.3) is 10.4 Å². The van der Waals surface area contributed by atoms with E-state index in [1.807, 2.05) is 25.1 Å². The van der Waals surface area contributed by atoms with E-state index in [4.69, 9.17) is 23.2 Å². The van der Waals surface area contributed by atoms with Crippen LogP contribution in [0.4, 0.5) is 0 Å². The van der Waals surface area contributed by atoms with Crippen LogP contribution in [0.15, 0.2) is 30.3 Å². The van der Waals surface area contributed by atoms with E-state index in [2.05, 4.69) is 0 Å². The van der Waals surface area contributed by atoms with Crippen molar-refractivity contribution in [2.45, 2.75) is 13.3 Å². The Labute approximate surface area is 114 Å². The fraction of sp³-hybridized carbons (Fsp3) is 0.154. The Balaban J connectivity index is 2.43. The van der Waals surface area contributed by atoms with Gasteiger partial charge in [0.25, 0.3) is 0 Å². The third-order valence-electron chi connectivity index (χ3n) is 2.40. The zero-order chi connectivity index (χ0) is 12.4. The Morgan fingerprint density at radius 1 is 1.24 bits per heavy atom. The van der Waals surface area contributed by atoms with Crippen LogP contribution in [0.5, 0.6) is 0 Å². The number of hydrogen-bond acceptors (Lipinski definition) is 2. The average Bonchev–Trinajstić information content (AvgIpc) is 2.80. The van der Waals surface area contributed by atoms with Crippen molar-refractivity contribution in [2.75, 3.05) is 0 Å². The van der Waals surface area contributed by atoms with Crippen LogP contribution in [-0.2, 0) is 0 Å². The maximum absolute atomic E-state index is 11.6. The molecular formula is C13H10Cl2OS. The van der Waals surface area contributed by atoms with Crippen LogP contribution in [0.3, 0.4) is 0 Å². The molecule has 0 amide bonds. The maximum Gasteiger partial charge on any atom is 0.172 e. The average molecular weight is 285 g/mol. The molecule has 0 saturated heterocycles. The lowest BCUT2D eigenvalue weighted by molar-refractivity contribution is 0.0992. The number of halogens is 2. The van der Waals surface area contributed by atoms with E-state index in [-0.39, 0.29) is 5.78 Å². The summed E-state index contributed by atoms with van der Waals surface area (Å²) < 4.78 is 0. The second-order valence-electron chi connectivity index (χ2n) is 3.56. The van der Waals surface area contributed by atoms with Crippen LogP contribution in [0.1, 0.15) is 23.0 Å². The van der Waals surface area contributed by atoms with E-state index in [1.165, 1.54) is 11.3 Å². The summed E-state index contributed by atoms with van der Waals surface area (Å²) in [6, 6.07) is 9.07. The molecule has 0 aliphatic rings. The van der Waals surface area contributed by atoms with Crippen molar-refractivity contribution < 1.29 is 4.79 Å². The number of ketones is 1. The summed E-state index contributed by atoms with van der Waals surface area (Å²) in [5.41, 5.74) is 0.874. The van der Waals surface area contributed by atoms with Gasteiger partial charge < -0.3 is 0 Å². The molecule has 0 aliphatic heterocycles. The van der Waals surface area contributed by atoms with E-state index in [0.717, 1.165) is 15.3 Å². The van der Waals surface area contributed by atoms with Gasteiger partial charge in [-0.1, -0.05) is 30.1 Å². The lowest BCUT2D eigenvalue weighted by Gasteiger charge is -2.01. The highest BCUT2D eigenvalue weighted by molar-refractivity contribution is 7.17. The van der Waals surface area contributed by atoms with Gasteiger partial charge in [0.05, 0.1) is 4.88 Å². The van der Waals surface area contributed by atoms with Crippen molar-refractivity contribution in [2.24, 2.45) is 0 Å². The fourth-order valence-electron chi connectivity index (χ4n) is 1.49. The summed E-state index contributed by atoms with van der Waals surface area (Å²) in [5.74, 6) is 0.152. The number of benzene rings is 1. The first-order valence-electron chi connectivity index (χ1n) is 5.20. The summed E-state index contributed by atoms with van der Waals surface area (Å²) in [6.45, 7) is 1.86. The second-order valence-corrected chi connectivity index (χ2v) is 5.49. The molecule has 1 aromatic heterocycles. The molecule has 0 N–H and O–H groups in total. The second kappa shape index (κ2) is 5.21. The lowest BCUT2D eigenvalue weighted by Crippen LogP contribution is -1.90. The van der Waals surface area contributed by atoms with Gasteiger partial charge in [-0.3, -0.25) is 4.79 Å². The standard InChI is InChI=1S/C13H10Cl2OS/c1-2-11(16)13-6-5-12(17-13)9-7-8(14)3-4-10(9)15/h3-7H,2H2,1H3. The van der Waals surface area contributed by atoms with Gasteiger partial charge in [-0.15, -0.1) is 11.3 Å². The van der Waals surface area contributed by atoms with Crippen molar-refractivity contribution in [3.8, 4) is 10.4 Å². The van der Waals surface area contributed by atoms with Gasteiger partial charge in [0.1, 0.15) is 0 Å². The first-order valence-corrected chi connectivity index (χ1v) is 6.77. The predicted molar refractivity (Wildman–Crippen MR) is 74.4 cm³/mol. The third kappa shape index (κ3) is 2.71. The zero-order valence-corrected chi connectivity index (χ0v) is 11.5. The molecule has 0 aliphatic carbocycles. The van der Waals surface area contributed by atoms with Gasteiger partial charge in [-0.25, -0.2) is 0 Å². The minimum absolute atomic E-state index is 0.152. The number of hydrogen-bond donors (Lipinski definition) is 0. The molecule has 0 spiro atoms. The molecule has 0 fully saturated rings. The maximum atomic E-state index is 11.6. The monoisotopic (exact) mass is 284 g/mol. The summed E-state index contributed by atoms with van der Waals surface area (Å²) >= 11 is 13.5. The van der Waals surface area contributed by atoms with Gasteiger partial charge in [0.2, 0.25) is 0 Å². The Morgan fingerprint density at radius 3 is 2.71 bits per heavy atom. The third-order valence-corrected chi connectivity index (χ3v) is 4.12. The van der Waals surface area contributed by atoms with Crippen molar-refractivity contribution in [1.82, 2.24) is 0 Å². The number of thiophene rings is 1. The highest BCUT2D eigenvalue weighted by Crippen LogP contribution is 2.35. The number of carbonyl (C=O) groups excluding carboxylic acids is 1. The van der Waals surface area contributed by atoms with Gasteiger partial charge in [-0.05, 0) is 30.3 Å². The van der Waals surface area contributed by atoms with E-state index in [0.29, 0.717) is 16.5 Å². The molecule has 0 atom stereocenters. The number of Topliss-reactive ketones (excluding diaryl/α,β-unsaturated/α-hetero) is 1. The minimum atomic E-state index is 0.152. The number of rotatable bonds is 3. The van der Waals surface area contributed by atoms with Crippen molar-refractivity contribution in [1.29, 1.82) is 0 Å². The number of carbonyl (C=O) groups is 1. The lowest BCUT2D eigenvalue weighted by atomic mass is 10.2. The summed E-state index contributed by atoms with van der Waals surface area (Å²) in [7, 11) is 0. The van der Waals surface area contributed by atoms with Crippen molar-refractivity contribution >= 4 is 40.3 Å². The van der Waals surface area contributed by atoms with Gasteiger partial charge in [-0.2, -0.15) is 0 Å². The largest absolute Gasteiger partial charge is 0.293 e. The molecule has 0 unspecified atom stereocenters. The fourth-order valence-corrected chi connectivity index (χ4v) is 2.99. The summed E-state index contributed by atoms with van der Waals surface area (Å²) in [5, 5.41) is 1.29. The van der Waals surface area contributed by atoms with Gasteiger partial charge >= 0.3 is 0 Å². The van der Waals surface area contributed by atoms with E-state index in [1.54, 1.807) is 12.1 Å². The molecule has 1 nitrogen and oxygen atoms in total. The Bertz CT molecular complexity index is 560. The molecule has 0 bridgehead atoms. The molecular weight excluding hydrogens is 275 g/mol. The van der Waals surface area contributed by atoms with Crippen molar-refractivity contribution in [3.05, 3.63) is 45.3 Å². The van der Waals surface area contributed by atoms with Crippen LogP contribution < -0.4 is 0 Å². The quantitative estimate of drug-likeness (QED) is 0.698. The molecule has 1 heterocycles. The molecule has 4 heteroatoms. The minimum Gasteiger partial charge on any atom is -0.293 e. The molecule has 88 valence electrons. The molecule has 0 radical (unpaired) electrons. The van der Waals surface area contributed by atoms with E-state index >= 15 is 0 Å². The molecule has 17 heavy (non-hydrogen) atoms. The SMILES string of the molecule is CCC(=O)c1ccc(-c2cc(Cl)ccc2Cl)s1. The normalized spacial score (nSPS) is 10.5. The highest BCUT2D eigenvalue weighted by atomic mass is 35.5. The topological polar surface area (TPSA) is 17.1 Å². The summed E-state index contributed by atoms with van der Waals surface area (Å²) in [6.07, 6.45) is 0.517. The molecule has 0 saturated carbocycles. The summed E-state index contributed by atoms with van der Waals surface area (Å²) in [4.78, 5) is 13.3. The molecule has 1 aromatic carbocycles. The van der Waals surface area contributed by atoms with Crippen molar-refractivity contribution in [3.63, 3.8) is 0 Å². The van der Waals surface area contributed by atoms with Crippen LogP contribution in [0.2, 0.25) is 10.0 Å².